The maximum absolute atomic E-state index is 5.41. The summed E-state index contributed by atoms with van der Waals surface area (Å²) in [6.45, 7) is 2.83. The third kappa shape index (κ3) is 2.48. The minimum atomic E-state index is 0.611. The lowest BCUT2D eigenvalue weighted by Gasteiger charge is -2.08. The molecule has 4 aromatic heterocycles. The maximum atomic E-state index is 5.41. The first-order valence-electron chi connectivity index (χ1n) is 9.19. The molecule has 5 nitrogen and oxygen atoms in total. The molecule has 4 aromatic rings. The summed E-state index contributed by atoms with van der Waals surface area (Å²) >= 11 is 1.70. The first kappa shape index (κ1) is 15.8. The van der Waals surface area contributed by atoms with Crippen molar-refractivity contribution in [3.05, 3.63) is 47.3 Å². The molecule has 5 rings (SSSR count). The van der Waals surface area contributed by atoms with Crippen LogP contribution in [0.3, 0.4) is 0 Å². The van der Waals surface area contributed by atoms with Gasteiger partial charge in [-0.3, -0.25) is 0 Å². The summed E-state index contributed by atoms with van der Waals surface area (Å²) in [5.74, 6) is 1.75. The summed E-state index contributed by atoms with van der Waals surface area (Å²) in [4.78, 5) is 15.2. The molecule has 0 bridgehead atoms. The predicted octanol–water partition coefficient (Wildman–Crippen LogP) is 4.89. The number of aromatic nitrogens is 3. The lowest BCUT2D eigenvalue weighted by Crippen LogP contribution is -2.01. The molecule has 0 amide bonds. The van der Waals surface area contributed by atoms with Gasteiger partial charge in [0.25, 0.3) is 0 Å². The molecule has 1 aliphatic carbocycles. The van der Waals surface area contributed by atoms with E-state index in [1.807, 2.05) is 12.1 Å². The number of rotatable bonds is 5. The van der Waals surface area contributed by atoms with Crippen molar-refractivity contribution in [3.8, 4) is 0 Å². The maximum Gasteiger partial charge on any atom is 0.147 e. The quantitative estimate of drug-likeness (QED) is 0.546. The van der Waals surface area contributed by atoms with Gasteiger partial charge in [-0.05, 0) is 48.9 Å². The van der Waals surface area contributed by atoms with Crippen LogP contribution in [0.25, 0.3) is 20.4 Å². The average Bonchev–Trinajstić information content (AvgIpc) is 3.38. The van der Waals surface area contributed by atoms with Gasteiger partial charge < -0.3 is 9.73 Å². The summed E-state index contributed by atoms with van der Waals surface area (Å²) in [6.07, 6.45) is 9.04. The van der Waals surface area contributed by atoms with E-state index in [-0.39, 0.29) is 0 Å². The molecule has 26 heavy (non-hydrogen) atoms. The van der Waals surface area contributed by atoms with Crippen LogP contribution in [0.5, 0.6) is 0 Å². The van der Waals surface area contributed by atoms with Gasteiger partial charge in [0.05, 0.1) is 23.0 Å². The molecule has 1 aliphatic rings. The molecule has 0 aromatic carbocycles. The Labute approximate surface area is 155 Å². The highest BCUT2D eigenvalue weighted by Gasteiger charge is 2.23. The van der Waals surface area contributed by atoms with Gasteiger partial charge in [-0.25, -0.2) is 15.0 Å². The van der Waals surface area contributed by atoms with Crippen LogP contribution in [0.15, 0.2) is 29.1 Å². The van der Waals surface area contributed by atoms with Gasteiger partial charge in [-0.2, -0.15) is 0 Å². The van der Waals surface area contributed by atoms with Crippen molar-refractivity contribution in [1.82, 2.24) is 15.0 Å². The summed E-state index contributed by atoms with van der Waals surface area (Å²) in [5, 5.41) is 4.65. The largest absolute Gasteiger partial charge is 0.467 e. The fourth-order valence-corrected chi connectivity index (χ4v) is 5.07. The predicted molar refractivity (Wildman–Crippen MR) is 105 cm³/mol. The van der Waals surface area contributed by atoms with Crippen molar-refractivity contribution < 1.29 is 4.42 Å². The minimum Gasteiger partial charge on any atom is -0.467 e. The summed E-state index contributed by atoms with van der Waals surface area (Å²) in [6, 6.07) is 3.86. The first-order chi connectivity index (χ1) is 12.8. The van der Waals surface area contributed by atoms with E-state index in [1.54, 1.807) is 23.9 Å². The standard InChI is InChI=1S/C20H20N4OS/c1-2-5-15-13-7-3-8-14(13)16-17-18(26-20(16)24-15)19(23-11-22-17)21-10-12-6-4-9-25-12/h4,6,9,11H,2-3,5,7-8,10H2,1H3,(H,21,22,23). The van der Waals surface area contributed by atoms with Crippen molar-refractivity contribution in [1.29, 1.82) is 0 Å². The van der Waals surface area contributed by atoms with Crippen molar-refractivity contribution in [3.63, 3.8) is 0 Å². The number of fused-ring (bicyclic) bond motifs is 5. The molecule has 0 aliphatic heterocycles. The summed E-state index contributed by atoms with van der Waals surface area (Å²) in [7, 11) is 0. The third-order valence-corrected chi connectivity index (χ3v) is 6.13. The van der Waals surface area contributed by atoms with Crippen LogP contribution in [0.1, 0.15) is 42.3 Å². The van der Waals surface area contributed by atoms with Crippen LogP contribution in [-0.4, -0.2) is 15.0 Å². The van der Waals surface area contributed by atoms with E-state index in [4.69, 9.17) is 9.40 Å². The van der Waals surface area contributed by atoms with Gasteiger partial charge in [0.15, 0.2) is 0 Å². The zero-order chi connectivity index (χ0) is 17.5. The van der Waals surface area contributed by atoms with E-state index in [0.717, 1.165) is 52.3 Å². The van der Waals surface area contributed by atoms with Crippen LogP contribution < -0.4 is 5.32 Å². The van der Waals surface area contributed by atoms with Crippen LogP contribution >= 0.6 is 11.3 Å². The molecule has 0 atom stereocenters. The Balaban J connectivity index is 1.65. The molecular formula is C20H20N4OS. The van der Waals surface area contributed by atoms with Crippen LogP contribution in [0.2, 0.25) is 0 Å². The van der Waals surface area contributed by atoms with E-state index < -0.39 is 0 Å². The van der Waals surface area contributed by atoms with Gasteiger partial charge in [0.2, 0.25) is 0 Å². The second kappa shape index (κ2) is 6.36. The smallest absolute Gasteiger partial charge is 0.147 e. The Morgan fingerprint density at radius 1 is 1.23 bits per heavy atom. The fourth-order valence-electron chi connectivity index (χ4n) is 3.93. The number of furan rings is 1. The van der Waals surface area contributed by atoms with Crippen molar-refractivity contribution in [2.24, 2.45) is 0 Å². The van der Waals surface area contributed by atoms with Crippen LogP contribution in [-0.2, 0) is 25.8 Å². The minimum absolute atomic E-state index is 0.611. The second-order valence-corrected chi connectivity index (χ2v) is 7.73. The van der Waals surface area contributed by atoms with E-state index in [1.165, 1.54) is 28.6 Å². The Bertz CT molecular complexity index is 1080. The summed E-state index contributed by atoms with van der Waals surface area (Å²) < 4.78 is 6.50. The van der Waals surface area contributed by atoms with E-state index in [2.05, 4.69) is 22.2 Å². The Kier molecular flexibility index (Phi) is 3.85. The molecule has 132 valence electrons. The highest BCUT2D eigenvalue weighted by atomic mass is 32.1. The van der Waals surface area contributed by atoms with Crippen LogP contribution in [0, 0.1) is 0 Å². The average molecular weight is 364 g/mol. The van der Waals surface area contributed by atoms with Crippen LogP contribution in [0.4, 0.5) is 5.82 Å². The monoisotopic (exact) mass is 364 g/mol. The number of anilines is 1. The zero-order valence-corrected chi connectivity index (χ0v) is 15.5. The molecular weight excluding hydrogens is 344 g/mol. The fraction of sp³-hybridized carbons (Fsp3) is 0.350. The molecule has 0 radical (unpaired) electrons. The molecule has 0 unspecified atom stereocenters. The number of hydrogen-bond donors (Lipinski definition) is 1. The van der Waals surface area contributed by atoms with Gasteiger partial charge in [-0.1, -0.05) is 13.3 Å². The molecule has 6 heteroatoms. The van der Waals surface area contributed by atoms with Crippen molar-refractivity contribution in [2.45, 2.75) is 45.6 Å². The number of aryl methyl sites for hydroxylation is 2. The number of nitrogens with one attached hydrogen (secondary N) is 1. The Hall–Kier alpha value is -2.47. The molecule has 0 spiro atoms. The molecule has 4 heterocycles. The van der Waals surface area contributed by atoms with E-state index in [0.29, 0.717) is 6.54 Å². The van der Waals surface area contributed by atoms with Gasteiger partial charge in [0.1, 0.15) is 22.7 Å². The Morgan fingerprint density at radius 3 is 3.00 bits per heavy atom. The SMILES string of the molecule is CCCc1nc2sc3c(NCc4ccco4)ncnc3c2c2c1CCC2. The lowest BCUT2D eigenvalue weighted by molar-refractivity contribution is 0.518. The first-order valence-corrected chi connectivity index (χ1v) is 10.0. The van der Waals surface area contributed by atoms with Crippen molar-refractivity contribution >= 4 is 37.6 Å². The van der Waals surface area contributed by atoms with E-state index >= 15 is 0 Å². The molecule has 0 saturated carbocycles. The number of hydrogen-bond acceptors (Lipinski definition) is 6. The van der Waals surface area contributed by atoms with Gasteiger partial charge in [0, 0.05) is 11.1 Å². The van der Waals surface area contributed by atoms with Gasteiger partial charge >= 0.3 is 0 Å². The number of pyridine rings is 1. The number of thiophene rings is 1. The molecule has 0 fully saturated rings. The second-order valence-electron chi connectivity index (χ2n) is 6.73. The topological polar surface area (TPSA) is 63.8 Å². The lowest BCUT2D eigenvalue weighted by atomic mass is 10.0. The Morgan fingerprint density at radius 2 is 2.15 bits per heavy atom. The zero-order valence-electron chi connectivity index (χ0n) is 14.7. The highest BCUT2D eigenvalue weighted by Crippen LogP contribution is 2.41. The highest BCUT2D eigenvalue weighted by molar-refractivity contribution is 7.26. The third-order valence-electron chi connectivity index (χ3n) is 5.05. The van der Waals surface area contributed by atoms with E-state index in [9.17, 15) is 0 Å². The van der Waals surface area contributed by atoms with Crippen molar-refractivity contribution in [2.75, 3.05) is 5.32 Å². The molecule has 0 saturated heterocycles. The number of nitrogens with zero attached hydrogens (tertiary/aromatic N) is 3. The molecule has 1 N–H and O–H groups in total. The van der Waals surface area contributed by atoms with Gasteiger partial charge in [-0.15, -0.1) is 11.3 Å². The normalized spacial score (nSPS) is 13.6. The summed E-state index contributed by atoms with van der Waals surface area (Å²) in [5.41, 5.74) is 5.27.